The Balaban J connectivity index is 2.44. The van der Waals surface area contributed by atoms with Crippen molar-refractivity contribution in [3.05, 3.63) is 59.2 Å². The van der Waals surface area contributed by atoms with Crippen LogP contribution in [0, 0.1) is 6.92 Å². The fraction of sp³-hybridized carbons (Fsp3) is 0.200. The molecule has 0 aliphatic heterocycles. The molecule has 0 spiro atoms. The molecule has 3 nitrogen and oxygen atoms in total. The minimum atomic E-state index is -0.233. The molecule has 0 saturated carbocycles. The monoisotopic (exact) mass is 242 g/mol. The molecule has 0 aliphatic rings. The average Bonchev–Trinajstić information content (AvgIpc) is 2.38. The molecule has 0 saturated heterocycles. The Kier molecular flexibility index (Phi) is 3.53. The maximum absolute atomic E-state index is 6.29. The Morgan fingerprint density at radius 1 is 1.11 bits per heavy atom. The minimum Gasteiger partial charge on any atom is -0.496 e. The Morgan fingerprint density at radius 2 is 1.89 bits per heavy atom. The molecule has 1 unspecified atom stereocenters. The first kappa shape index (κ1) is 12.5. The molecule has 2 aromatic rings. The van der Waals surface area contributed by atoms with Gasteiger partial charge in [-0.15, -0.1) is 0 Å². The van der Waals surface area contributed by atoms with E-state index in [4.69, 9.17) is 16.2 Å². The second kappa shape index (κ2) is 5.10. The van der Waals surface area contributed by atoms with Crippen molar-refractivity contribution in [1.82, 2.24) is 0 Å². The van der Waals surface area contributed by atoms with Gasteiger partial charge in [0.25, 0.3) is 0 Å². The first-order valence-corrected chi connectivity index (χ1v) is 5.87. The second-order valence-electron chi connectivity index (χ2n) is 4.39. The summed E-state index contributed by atoms with van der Waals surface area (Å²) in [5, 5.41) is 0. The Morgan fingerprint density at radius 3 is 2.56 bits per heavy atom. The van der Waals surface area contributed by atoms with Gasteiger partial charge < -0.3 is 16.2 Å². The summed E-state index contributed by atoms with van der Waals surface area (Å²) in [5.74, 6) is 0.801. The number of ether oxygens (including phenoxy) is 1. The van der Waals surface area contributed by atoms with E-state index < -0.39 is 0 Å². The van der Waals surface area contributed by atoms with E-state index >= 15 is 0 Å². The van der Waals surface area contributed by atoms with Gasteiger partial charge in [-0.1, -0.05) is 29.8 Å². The zero-order chi connectivity index (χ0) is 13.1. The summed E-state index contributed by atoms with van der Waals surface area (Å²) < 4.78 is 5.36. The van der Waals surface area contributed by atoms with E-state index in [1.807, 2.05) is 49.4 Å². The Labute approximate surface area is 107 Å². The summed E-state index contributed by atoms with van der Waals surface area (Å²) in [6.07, 6.45) is 0. The summed E-state index contributed by atoms with van der Waals surface area (Å²) >= 11 is 0. The molecule has 0 fully saturated rings. The van der Waals surface area contributed by atoms with Crippen molar-refractivity contribution < 1.29 is 4.74 Å². The van der Waals surface area contributed by atoms with Gasteiger partial charge in [0.1, 0.15) is 5.75 Å². The highest BCUT2D eigenvalue weighted by atomic mass is 16.5. The van der Waals surface area contributed by atoms with Gasteiger partial charge in [0.2, 0.25) is 0 Å². The maximum Gasteiger partial charge on any atom is 0.123 e. The number of anilines is 1. The number of benzene rings is 2. The predicted molar refractivity (Wildman–Crippen MR) is 74.6 cm³/mol. The first-order valence-electron chi connectivity index (χ1n) is 5.87. The van der Waals surface area contributed by atoms with Crippen molar-refractivity contribution in [3.8, 4) is 5.75 Å². The molecule has 4 N–H and O–H groups in total. The van der Waals surface area contributed by atoms with E-state index in [9.17, 15) is 0 Å². The molecule has 0 radical (unpaired) electrons. The lowest BCUT2D eigenvalue weighted by Crippen LogP contribution is -2.13. The zero-order valence-electron chi connectivity index (χ0n) is 10.7. The van der Waals surface area contributed by atoms with Crippen LogP contribution in [-0.4, -0.2) is 7.11 Å². The van der Waals surface area contributed by atoms with E-state index in [-0.39, 0.29) is 6.04 Å². The molecule has 1 atom stereocenters. The van der Waals surface area contributed by atoms with Crippen LogP contribution in [0.4, 0.5) is 5.69 Å². The van der Waals surface area contributed by atoms with Crippen LogP contribution in [0.15, 0.2) is 42.5 Å². The van der Waals surface area contributed by atoms with Crippen molar-refractivity contribution in [1.29, 1.82) is 0 Å². The van der Waals surface area contributed by atoms with Gasteiger partial charge in [0, 0.05) is 11.3 Å². The van der Waals surface area contributed by atoms with Gasteiger partial charge in [0.15, 0.2) is 0 Å². The molecule has 0 heterocycles. The number of methoxy groups -OCH3 is 1. The lowest BCUT2D eigenvalue weighted by Gasteiger charge is -2.17. The van der Waals surface area contributed by atoms with Crippen LogP contribution in [0.3, 0.4) is 0 Å². The fourth-order valence-corrected chi connectivity index (χ4v) is 2.03. The van der Waals surface area contributed by atoms with Crippen LogP contribution >= 0.6 is 0 Å². The first-order chi connectivity index (χ1) is 8.61. The summed E-state index contributed by atoms with van der Waals surface area (Å²) in [4.78, 5) is 0. The third kappa shape index (κ3) is 2.46. The maximum atomic E-state index is 6.29. The van der Waals surface area contributed by atoms with E-state index in [1.165, 1.54) is 0 Å². The molecule has 94 valence electrons. The molecule has 0 aliphatic carbocycles. The highest BCUT2D eigenvalue weighted by molar-refractivity contribution is 5.48. The molecule has 2 rings (SSSR count). The van der Waals surface area contributed by atoms with Gasteiger partial charge in [-0.05, 0) is 30.7 Å². The largest absolute Gasteiger partial charge is 0.496 e. The molecule has 0 amide bonds. The summed E-state index contributed by atoms with van der Waals surface area (Å²) in [5.41, 5.74) is 15.9. The third-order valence-electron chi connectivity index (χ3n) is 2.99. The molecular weight excluding hydrogens is 224 g/mol. The molecule has 0 bridgehead atoms. The minimum absolute atomic E-state index is 0.233. The molecule has 3 heteroatoms. The van der Waals surface area contributed by atoms with E-state index in [0.717, 1.165) is 28.1 Å². The third-order valence-corrected chi connectivity index (χ3v) is 2.99. The Hall–Kier alpha value is -2.00. The normalized spacial score (nSPS) is 12.2. The molecular formula is C15H18N2O. The number of hydrogen-bond acceptors (Lipinski definition) is 3. The van der Waals surface area contributed by atoms with Crippen molar-refractivity contribution in [2.45, 2.75) is 13.0 Å². The number of nitrogen functional groups attached to an aromatic ring is 1. The van der Waals surface area contributed by atoms with E-state index in [0.29, 0.717) is 0 Å². The predicted octanol–water partition coefficient (Wildman–Crippen LogP) is 2.63. The fourth-order valence-electron chi connectivity index (χ4n) is 2.03. The van der Waals surface area contributed by atoms with E-state index in [2.05, 4.69) is 0 Å². The highest BCUT2D eigenvalue weighted by Gasteiger charge is 2.14. The summed E-state index contributed by atoms with van der Waals surface area (Å²) in [6.45, 7) is 2.04. The zero-order valence-corrected chi connectivity index (χ0v) is 10.7. The van der Waals surface area contributed by atoms with Crippen LogP contribution in [0.1, 0.15) is 22.7 Å². The lowest BCUT2D eigenvalue weighted by atomic mass is 9.97. The summed E-state index contributed by atoms with van der Waals surface area (Å²) in [6, 6.07) is 13.4. The molecule has 0 aromatic heterocycles. The number of hydrogen-bond donors (Lipinski definition) is 2. The number of aryl methyl sites for hydroxylation is 1. The average molecular weight is 242 g/mol. The number of nitrogens with two attached hydrogens (primary N) is 2. The van der Waals surface area contributed by atoms with Crippen LogP contribution in [0.2, 0.25) is 0 Å². The van der Waals surface area contributed by atoms with Gasteiger partial charge >= 0.3 is 0 Å². The quantitative estimate of drug-likeness (QED) is 0.813. The van der Waals surface area contributed by atoms with Crippen molar-refractivity contribution in [3.63, 3.8) is 0 Å². The van der Waals surface area contributed by atoms with Crippen LogP contribution in [-0.2, 0) is 0 Å². The van der Waals surface area contributed by atoms with Gasteiger partial charge in [-0.3, -0.25) is 0 Å². The lowest BCUT2D eigenvalue weighted by molar-refractivity contribution is 0.407. The topological polar surface area (TPSA) is 61.3 Å². The van der Waals surface area contributed by atoms with Crippen molar-refractivity contribution >= 4 is 5.69 Å². The smallest absolute Gasteiger partial charge is 0.123 e. The van der Waals surface area contributed by atoms with Gasteiger partial charge in [-0.25, -0.2) is 0 Å². The molecule has 2 aromatic carbocycles. The Bertz CT molecular complexity index is 552. The van der Waals surface area contributed by atoms with Crippen LogP contribution in [0.25, 0.3) is 0 Å². The SMILES string of the molecule is COc1ccc(C)cc1C(N)c1cccc(N)c1. The van der Waals surface area contributed by atoms with Crippen molar-refractivity contribution in [2.24, 2.45) is 5.73 Å². The highest BCUT2D eigenvalue weighted by Crippen LogP contribution is 2.29. The van der Waals surface area contributed by atoms with Crippen LogP contribution < -0.4 is 16.2 Å². The number of rotatable bonds is 3. The van der Waals surface area contributed by atoms with E-state index in [1.54, 1.807) is 7.11 Å². The van der Waals surface area contributed by atoms with Gasteiger partial charge in [-0.2, -0.15) is 0 Å². The summed E-state index contributed by atoms with van der Waals surface area (Å²) in [7, 11) is 1.65. The standard InChI is InChI=1S/C15H18N2O/c1-10-6-7-14(18-2)13(8-10)15(17)11-4-3-5-12(16)9-11/h3-9,15H,16-17H2,1-2H3. The van der Waals surface area contributed by atoms with Crippen LogP contribution in [0.5, 0.6) is 5.75 Å². The van der Waals surface area contributed by atoms with Gasteiger partial charge in [0.05, 0.1) is 13.2 Å². The molecule has 18 heavy (non-hydrogen) atoms. The second-order valence-corrected chi connectivity index (χ2v) is 4.39. The van der Waals surface area contributed by atoms with Crippen molar-refractivity contribution in [2.75, 3.05) is 12.8 Å².